The molecule has 1 amide bonds. The van der Waals surface area contributed by atoms with Crippen LogP contribution in [0.2, 0.25) is 5.02 Å². The Morgan fingerprint density at radius 2 is 1.89 bits per heavy atom. The Bertz CT molecular complexity index is 1330. The molecule has 1 saturated heterocycles. The van der Waals surface area contributed by atoms with E-state index in [-0.39, 0.29) is 40.1 Å². The number of aromatic nitrogens is 3. The summed E-state index contributed by atoms with van der Waals surface area (Å²) in [7, 11) is 0. The monoisotopic (exact) mass is 502 g/mol. The fourth-order valence-electron chi connectivity index (χ4n) is 6.60. The number of aryl methyl sites for hydroxylation is 1. The summed E-state index contributed by atoms with van der Waals surface area (Å²) in [4.78, 5) is 20.1. The number of hydrogen-bond donors (Lipinski definition) is 0. The van der Waals surface area contributed by atoms with Crippen LogP contribution < -0.4 is 0 Å². The standard InChI is InChI=1S/C26H26ClF3N4O/c1-14-6-4-8-16-9-5-13-33(22(14)16)25(35)21-19(27)24-31-20-17-10-3-2-7-15(17)11-12-18(20)23(26(28,29)30)34(24)32-21/h2-3,7,10,14,16,22H,4-6,8-9,11-13H2,1H3/t14-,16-,22+/m1/s1. The molecule has 0 radical (unpaired) electrons. The molecule has 9 heteroatoms. The van der Waals surface area contributed by atoms with Crippen molar-refractivity contribution < 1.29 is 18.0 Å². The minimum atomic E-state index is -4.68. The number of amides is 1. The van der Waals surface area contributed by atoms with Gasteiger partial charge in [-0.2, -0.15) is 18.3 Å². The summed E-state index contributed by atoms with van der Waals surface area (Å²) in [5.41, 5.74) is 0.828. The highest BCUT2D eigenvalue weighted by atomic mass is 35.5. The molecule has 35 heavy (non-hydrogen) atoms. The van der Waals surface area contributed by atoms with Crippen LogP contribution in [0.15, 0.2) is 24.3 Å². The van der Waals surface area contributed by atoms with Gasteiger partial charge in [0.05, 0.1) is 5.69 Å². The molecule has 2 aromatic heterocycles. The molecule has 1 saturated carbocycles. The van der Waals surface area contributed by atoms with Crippen molar-refractivity contribution in [3.63, 3.8) is 0 Å². The van der Waals surface area contributed by atoms with Gasteiger partial charge in [0.15, 0.2) is 17.0 Å². The first kappa shape index (κ1) is 22.8. The number of likely N-dealkylation sites (tertiary alicyclic amines) is 1. The van der Waals surface area contributed by atoms with E-state index in [2.05, 4.69) is 17.0 Å². The first-order valence-corrected chi connectivity index (χ1v) is 12.7. The van der Waals surface area contributed by atoms with Crippen molar-refractivity contribution in [3.8, 4) is 11.3 Å². The summed E-state index contributed by atoms with van der Waals surface area (Å²) in [5, 5.41) is 4.08. The van der Waals surface area contributed by atoms with Crippen LogP contribution in [0.25, 0.3) is 16.9 Å². The number of carbonyl (C=O) groups excluding carboxylic acids is 1. The predicted molar refractivity (Wildman–Crippen MR) is 126 cm³/mol. The van der Waals surface area contributed by atoms with Gasteiger partial charge in [-0.05, 0) is 55.9 Å². The molecule has 0 N–H and O–H groups in total. The second kappa shape index (κ2) is 8.22. The molecular weight excluding hydrogens is 477 g/mol. The fourth-order valence-corrected chi connectivity index (χ4v) is 6.84. The average Bonchev–Trinajstić information content (AvgIpc) is 3.17. The number of rotatable bonds is 1. The van der Waals surface area contributed by atoms with Gasteiger partial charge in [0.1, 0.15) is 5.02 Å². The van der Waals surface area contributed by atoms with Crippen molar-refractivity contribution in [2.75, 3.05) is 6.54 Å². The number of nitrogens with zero attached hydrogens (tertiary/aromatic N) is 4. The highest BCUT2D eigenvalue weighted by Gasteiger charge is 2.44. The molecule has 3 heterocycles. The Labute approximate surface area is 206 Å². The van der Waals surface area contributed by atoms with Crippen molar-refractivity contribution in [1.29, 1.82) is 0 Å². The molecule has 5 nitrogen and oxygen atoms in total. The van der Waals surface area contributed by atoms with Crippen molar-refractivity contribution in [1.82, 2.24) is 19.5 Å². The van der Waals surface area contributed by atoms with Crippen LogP contribution in [-0.2, 0) is 19.0 Å². The molecule has 6 rings (SSSR count). The summed E-state index contributed by atoms with van der Waals surface area (Å²) in [5.74, 6) is 0.358. The lowest BCUT2D eigenvalue weighted by atomic mass is 9.73. The van der Waals surface area contributed by atoms with E-state index in [4.69, 9.17) is 11.6 Å². The van der Waals surface area contributed by atoms with Crippen molar-refractivity contribution >= 4 is 23.2 Å². The zero-order chi connectivity index (χ0) is 24.5. The van der Waals surface area contributed by atoms with E-state index in [9.17, 15) is 18.0 Å². The zero-order valence-corrected chi connectivity index (χ0v) is 20.2. The summed E-state index contributed by atoms with van der Waals surface area (Å²) in [6.07, 6.45) is 1.20. The third-order valence-corrected chi connectivity index (χ3v) is 8.44. The van der Waals surface area contributed by atoms with Gasteiger partial charge in [-0.3, -0.25) is 4.79 Å². The third-order valence-electron chi connectivity index (χ3n) is 8.09. The molecule has 0 unspecified atom stereocenters. The van der Waals surface area contributed by atoms with Gasteiger partial charge in [-0.25, -0.2) is 9.50 Å². The number of carbonyl (C=O) groups is 1. The topological polar surface area (TPSA) is 50.5 Å². The second-order valence-corrected chi connectivity index (χ2v) is 10.5. The summed E-state index contributed by atoms with van der Waals surface area (Å²) in [6, 6.07) is 7.42. The molecule has 0 spiro atoms. The van der Waals surface area contributed by atoms with Crippen LogP contribution in [0, 0.1) is 11.8 Å². The smallest absolute Gasteiger partial charge is 0.334 e. The molecule has 0 bridgehead atoms. The van der Waals surface area contributed by atoms with Crippen molar-refractivity contribution in [2.45, 2.75) is 64.1 Å². The van der Waals surface area contributed by atoms with Crippen LogP contribution in [0.3, 0.4) is 0 Å². The highest BCUT2D eigenvalue weighted by Crippen LogP contribution is 2.43. The van der Waals surface area contributed by atoms with E-state index >= 15 is 0 Å². The van der Waals surface area contributed by atoms with E-state index in [1.54, 1.807) is 12.1 Å². The average molecular weight is 503 g/mol. The minimum Gasteiger partial charge on any atom is -0.334 e. The summed E-state index contributed by atoms with van der Waals surface area (Å²) in [6.45, 7) is 2.72. The van der Waals surface area contributed by atoms with Gasteiger partial charge in [0.25, 0.3) is 5.91 Å². The number of piperidine rings is 1. The molecule has 1 aliphatic heterocycles. The molecule has 3 atom stereocenters. The Kier molecular flexibility index (Phi) is 5.36. The molecule has 3 aliphatic rings. The predicted octanol–water partition coefficient (Wildman–Crippen LogP) is 6.21. The largest absolute Gasteiger partial charge is 0.433 e. The van der Waals surface area contributed by atoms with Crippen LogP contribution >= 0.6 is 11.6 Å². The number of fused-ring (bicyclic) bond motifs is 5. The second-order valence-electron chi connectivity index (χ2n) is 10.1. The van der Waals surface area contributed by atoms with Gasteiger partial charge >= 0.3 is 6.18 Å². The van der Waals surface area contributed by atoms with Crippen LogP contribution in [0.1, 0.15) is 66.3 Å². The lowest BCUT2D eigenvalue weighted by Crippen LogP contribution is -2.53. The number of hydrogen-bond acceptors (Lipinski definition) is 3. The van der Waals surface area contributed by atoms with Gasteiger partial charge in [-0.15, -0.1) is 0 Å². The summed E-state index contributed by atoms with van der Waals surface area (Å²) >= 11 is 6.61. The molecule has 2 aliphatic carbocycles. The van der Waals surface area contributed by atoms with E-state index in [0.29, 0.717) is 30.4 Å². The Morgan fingerprint density at radius 3 is 2.69 bits per heavy atom. The first-order valence-electron chi connectivity index (χ1n) is 12.3. The molecule has 184 valence electrons. The quantitative estimate of drug-likeness (QED) is 0.397. The molecular formula is C26H26ClF3N4O. The maximum absolute atomic E-state index is 14.4. The number of halogens is 4. The SMILES string of the molecule is C[C@@H]1CCC[C@@H]2CCCN(C(=O)c3nn4c(C(F)(F)F)c5c(nc4c3Cl)-c3ccccc3CC5)[C@H]21. The summed E-state index contributed by atoms with van der Waals surface area (Å²) < 4.78 is 44.0. The Morgan fingerprint density at radius 1 is 1.11 bits per heavy atom. The van der Waals surface area contributed by atoms with E-state index in [1.807, 2.05) is 17.0 Å². The van der Waals surface area contributed by atoms with Gasteiger partial charge in [-0.1, -0.05) is 49.2 Å². The normalized spacial score (nSPS) is 24.1. The maximum Gasteiger partial charge on any atom is 0.433 e. The number of alkyl halides is 3. The Balaban J connectivity index is 1.52. The zero-order valence-electron chi connectivity index (χ0n) is 19.4. The molecule has 2 fully saturated rings. The lowest BCUT2D eigenvalue weighted by molar-refractivity contribution is -0.143. The minimum absolute atomic E-state index is 0.0704. The Hall–Kier alpha value is -2.61. The van der Waals surface area contributed by atoms with Gasteiger partial charge in [0.2, 0.25) is 0 Å². The molecule has 1 aromatic carbocycles. The van der Waals surface area contributed by atoms with Gasteiger partial charge in [0, 0.05) is 23.7 Å². The highest BCUT2D eigenvalue weighted by molar-refractivity contribution is 6.36. The van der Waals surface area contributed by atoms with Crippen molar-refractivity contribution in [3.05, 3.63) is 51.8 Å². The lowest BCUT2D eigenvalue weighted by Gasteiger charge is -2.47. The maximum atomic E-state index is 14.4. The van der Waals surface area contributed by atoms with E-state index < -0.39 is 17.8 Å². The van der Waals surface area contributed by atoms with E-state index in [0.717, 1.165) is 42.2 Å². The van der Waals surface area contributed by atoms with Crippen LogP contribution in [0.5, 0.6) is 0 Å². The first-order chi connectivity index (χ1) is 16.8. The van der Waals surface area contributed by atoms with Gasteiger partial charge < -0.3 is 4.90 Å². The third kappa shape index (κ3) is 3.55. The van der Waals surface area contributed by atoms with Crippen molar-refractivity contribution in [2.24, 2.45) is 11.8 Å². The fraction of sp³-hybridized carbons (Fsp3) is 0.500. The molecule has 3 aromatic rings. The number of benzene rings is 1. The van der Waals surface area contributed by atoms with E-state index in [1.165, 1.54) is 0 Å². The van der Waals surface area contributed by atoms with Crippen LogP contribution in [-0.4, -0.2) is 38.0 Å². The van der Waals surface area contributed by atoms with Crippen LogP contribution in [0.4, 0.5) is 13.2 Å².